The number of nitrogens with one attached hydrogen (secondary N) is 1. The highest BCUT2D eigenvalue weighted by Crippen LogP contribution is 2.13. The highest BCUT2D eigenvalue weighted by atomic mass is 16.5. The third-order valence-corrected chi connectivity index (χ3v) is 2.56. The number of nitrogens with zero attached hydrogens (tertiary/aromatic N) is 1. The Balaban J connectivity index is 2.00. The Morgan fingerprint density at radius 3 is 2.94 bits per heavy atom. The van der Waals surface area contributed by atoms with E-state index in [9.17, 15) is 9.90 Å². The van der Waals surface area contributed by atoms with Crippen LogP contribution in [-0.2, 0) is 4.74 Å². The molecule has 1 aromatic heterocycles. The van der Waals surface area contributed by atoms with Gasteiger partial charge in [0, 0.05) is 25.5 Å². The van der Waals surface area contributed by atoms with E-state index >= 15 is 0 Å². The zero-order valence-electron chi connectivity index (χ0n) is 8.85. The highest BCUT2D eigenvalue weighted by molar-refractivity contribution is 5.94. The standard InChI is InChI=1S/C11H14N2O3/c14-9-2-1-5-12-10(9)11(15)13-8-3-6-16-7-4-8/h1-2,5,8,14H,3-4,6-7H2,(H,13,15). The Bertz CT molecular complexity index is 375. The molecule has 5 heteroatoms. The van der Waals surface area contributed by atoms with E-state index in [2.05, 4.69) is 10.3 Å². The Morgan fingerprint density at radius 2 is 2.25 bits per heavy atom. The fourth-order valence-electron chi connectivity index (χ4n) is 1.67. The van der Waals surface area contributed by atoms with E-state index in [0.29, 0.717) is 13.2 Å². The van der Waals surface area contributed by atoms with Crippen LogP contribution in [0, 0.1) is 0 Å². The summed E-state index contributed by atoms with van der Waals surface area (Å²) in [4.78, 5) is 15.6. The van der Waals surface area contributed by atoms with Crippen molar-refractivity contribution in [1.29, 1.82) is 0 Å². The topological polar surface area (TPSA) is 71.5 Å². The summed E-state index contributed by atoms with van der Waals surface area (Å²) < 4.78 is 5.19. The van der Waals surface area contributed by atoms with Gasteiger partial charge in [-0.15, -0.1) is 0 Å². The number of pyridine rings is 1. The van der Waals surface area contributed by atoms with Crippen molar-refractivity contribution in [1.82, 2.24) is 10.3 Å². The van der Waals surface area contributed by atoms with Crippen LogP contribution in [0.15, 0.2) is 18.3 Å². The molecule has 86 valence electrons. The van der Waals surface area contributed by atoms with E-state index in [0.717, 1.165) is 12.8 Å². The molecule has 1 aliphatic heterocycles. The van der Waals surface area contributed by atoms with E-state index in [1.54, 1.807) is 6.07 Å². The highest BCUT2D eigenvalue weighted by Gasteiger charge is 2.19. The van der Waals surface area contributed by atoms with Gasteiger partial charge in [-0.3, -0.25) is 4.79 Å². The Kier molecular flexibility index (Phi) is 3.36. The van der Waals surface area contributed by atoms with Gasteiger partial charge in [-0.25, -0.2) is 4.98 Å². The van der Waals surface area contributed by atoms with Gasteiger partial charge in [0.2, 0.25) is 0 Å². The summed E-state index contributed by atoms with van der Waals surface area (Å²) in [5, 5.41) is 12.3. The van der Waals surface area contributed by atoms with Crippen LogP contribution in [0.3, 0.4) is 0 Å². The molecule has 0 unspecified atom stereocenters. The fraction of sp³-hybridized carbons (Fsp3) is 0.455. The number of ether oxygens (including phenoxy) is 1. The van der Waals surface area contributed by atoms with Crippen molar-refractivity contribution >= 4 is 5.91 Å². The van der Waals surface area contributed by atoms with Crippen LogP contribution >= 0.6 is 0 Å². The Morgan fingerprint density at radius 1 is 1.50 bits per heavy atom. The van der Waals surface area contributed by atoms with E-state index in [1.807, 2.05) is 0 Å². The van der Waals surface area contributed by atoms with Crippen molar-refractivity contribution in [3.05, 3.63) is 24.0 Å². The summed E-state index contributed by atoms with van der Waals surface area (Å²) in [6, 6.07) is 3.15. The van der Waals surface area contributed by atoms with Gasteiger partial charge in [0.05, 0.1) is 0 Å². The van der Waals surface area contributed by atoms with Gasteiger partial charge in [-0.1, -0.05) is 0 Å². The second-order valence-corrected chi connectivity index (χ2v) is 3.73. The smallest absolute Gasteiger partial charge is 0.273 e. The molecule has 0 atom stereocenters. The number of carbonyl (C=O) groups is 1. The fourth-order valence-corrected chi connectivity index (χ4v) is 1.67. The predicted octanol–water partition coefficient (Wildman–Crippen LogP) is 0.696. The van der Waals surface area contributed by atoms with Crippen LogP contribution < -0.4 is 5.32 Å². The van der Waals surface area contributed by atoms with Crippen molar-refractivity contribution in [2.24, 2.45) is 0 Å². The maximum Gasteiger partial charge on any atom is 0.273 e. The number of aromatic nitrogens is 1. The lowest BCUT2D eigenvalue weighted by Gasteiger charge is -2.22. The number of hydrogen-bond acceptors (Lipinski definition) is 4. The molecule has 1 aliphatic rings. The zero-order chi connectivity index (χ0) is 11.4. The average Bonchev–Trinajstić information content (AvgIpc) is 2.31. The van der Waals surface area contributed by atoms with Crippen LogP contribution in [0.2, 0.25) is 0 Å². The summed E-state index contributed by atoms with van der Waals surface area (Å²) in [5.74, 6) is -0.419. The van der Waals surface area contributed by atoms with Crippen LogP contribution in [0.1, 0.15) is 23.3 Å². The first-order valence-corrected chi connectivity index (χ1v) is 5.30. The second kappa shape index (κ2) is 4.94. The van der Waals surface area contributed by atoms with Gasteiger partial charge in [-0.2, -0.15) is 0 Å². The lowest BCUT2D eigenvalue weighted by molar-refractivity contribution is 0.0693. The second-order valence-electron chi connectivity index (χ2n) is 3.73. The molecule has 2 rings (SSSR count). The molecule has 0 spiro atoms. The lowest BCUT2D eigenvalue weighted by atomic mass is 10.1. The van der Waals surface area contributed by atoms with Crippen LogP contribution in [-0.4, -0.2) is 35.3 Å². The third-order valence-electron chi connectivity index (χ3n) is 2.56. The Hall–Kier alpha value is -1.62. The minimum absolute atomic E-state index is 0.0778. The van der Waals surface area contributed by atoms with E-state index in [1.165, 1.54) is 12.3 Å². The largest absolute Gasteiger partial charge is 0.505 e. The maximum atomic E-state index is 11.8. The average molecular weight is 222 g/mol. The first-order chi connectivity index (χ1) is 7.77. The van der Waals surface area contributed by atoms with Crippen LogP contribution in [0.5, 0.6) is 5.75 Å². The van der Waals surface area contributed by atoms with Crippen molar-refractivity contribution in [3.8, 4) is 5.75 Å². The van der Waals surface area contributed by atoms with Crippen LogP contribution in [0.25, 0.3) is 0 Å². The minimum Gasteiger partial charge on any atom is -0.505 e. The number of aromatic hydroxyl groups is 1. The molecule has 0 aromatic carbocycles. The van der Waals surface area contributed by atoms with Gasteiger partial charge in [0.25, 0.3) is 5.91 Å². The van der Waals surface area contributed by atoms with Crippen molar-refractivity contribution in [3.63, 3.8) is 0 Å². The molecule has 1 saturated heterocycles. The summed E-state index contributed by atoms with van der Waals surface area (Å²) >= 11 is 0. The van der Waals surface area contributed by atoms with E-state index < -0.39 is 0 Å². The number of rotatable bonds is 2. The van der Waals surface area contributed by atoms with Gasteiger partial charge in [0.15, 0.2) is 5.69 Å². The van der Waals surface area contributed by atoms with Gasteiger partial charge >= 0.3 is 0 Å². The molecular weight excluding hydrogens is 208 g/mol. The van der Waals surface area contributed by atoms with Gasteiger partial charge < -0.3 is 15.2 Å². The van der Waals surface area contributed by atoms with Gasteiger partial charge in [0.1, 0.15) is 5.75 Å². The molecule has 16 heavy (non-hydrogen) atoms. The predicted molar refractivity (Wildman–Crippen MR) is 57.2 cm³/mol. The Labute approximate surface area is 93.5 Å². The molecule has 0 aliphatic carbocycles. The molecule has 0 radical (unpaired) electrons. The van der Waals surface area contributed by atoms with Crippen molar-refractivity contribution in [2.45, 2.75) is 18.9 Å². The zero-order valence-corrected chi connectivity index (χ0v) is 8.85. The molecule has 2 heterocycles. The molecular formula is C11H14N2O3. The minimum atomic E-state index is -0.329. The summed E-state index contributed by atoms with van der Waals surface area (Å²) in [7, 11) is 0. The van der Waals surface area contributed by atoms with Crippen molar-refractivity contribution in [2.75, 3.05) is 13.2 Å². The number of hydrogen-bond donors (Lipinski definition) is 2. The molecule has 2 N–H and O–H groups in total. The molecule has 1 amide bonds. The quantitative estimate of drug-likeness (QED) is 0.772. The molecule has 0 saturated carbocycles. The van der Waals surface area contributed by atoms with Gasteiger partial charge in [-0.05, 0) is 25.0 Å². The first kappa shape index (κ1) is 10.9. The lowest BCUT2D eigenvalue weighted by Crippen LogP contribution is -2.39. The number of amides is 1. The summed E-state index contributed by atoms with van der Waals surface area (Å²) in [6.07, 6.45) is 3.09. The maximum absolute atomic E-state index is 11.8. The van der Waals surface area contributed by atoms with E-state index in [-0.39, 0.29) is 23.4 Å². The first-order valence-electron chi connectivity index (χ1n) is 5.30. The summed E-state index contributed by atoms with van der Waals surface area (Å²) in [6.45, 7) is 1.33. The monoisotopic (exact) mass is 222 g/mol. The van der Waals surface area contributed by atoms with Crippen molar-refractivity contribution < 1.29 is 14.6 Å². The SMILES string of the molecule is O=C(NC1CCOCC1)c1ncccc1O. The normalized spacial score (nSPS) is 17.0. The molecule has 1 aromatic rings. The summed E-state index contributed by atoms with van der Waals surface area (Å²) in [5.41, 5.74) is 0.0778. The number of carbonyl (C=O) groups excluding carboxylic acids is 1. The van der Waals surface area contributed by atoms with Crippen LogP contribution in [0.4, 0.5) is 0 Å². The molecule has 1 fully saturated rings. The third kappa shape index (κ3) is 2.49. The van der Waals surface area contributed by atoms with E-state index in [4.69, 9.17) is 4.74 Å². The molecule has 5 nitrogen and oxygen atoms in total. The molecule has 0 bridgehead atoms.